The Labute approximate surface area is 331 Å². The fraction of sp³-hybridized carbons (Fsp3) is 0.357. The van der Waals surface area contributed by atoms with Gasteiger partial charge in [-0.2, -0.15) is 0 Å². The van der Waals surface area contributed by atoms with Gasteiger partial charge in [0.05, 0.1) is 68.1 Å². The zero-order valence-electron chi connectivity index (χ0n) is 31.9. The molecule has 4 aliphatic heterocycles. The van der Waals surface area contributed by atoms with Crippen LogP contribution in [0.3, 0.4) is 0 Å². The minimum atomic E-state index is -2.68. The Morgan fingerprint density at radius 1 is 0.877 bits per heavy atom. The molecule has 8 rings (SSSR count). The predicted octanol–water partition coefficient (Wildman–Crippen LogP) is 6.04. The standard InChI is InChI=1S/C42H46N7O7P/c1-53-36-20-30-32(45-24-28-18-26-8-3-5-10-34(26)48(28)41(30)51)22-38(36)55-14-16-57(44,47-13-7-12-40(43)50)17-15-56-39-23-33-31(21-37(39)54-2)42(52)49-29(25-46-33)19-27-9-4-6-11-35(27)49/h3-6,8-11,20-26,28-29,34H,7,12-19H2,1-2H3,(H2,43,50)(H2,44,47)/t26?,28-,29-,34?,57?/m0/s1. The van der Waals surface area contributed by atoms with Gasteiger partial charge < -0.3 is 34.7 Å². The largest absolute Gasteiger partial charge is 0.493 e. The highest BCUT2D eigenvalue weighted by atomic mass is 31.2. The van der Waals surface area contributed by atoms with Gasteiger partial charge in [0.15, 0.2) is 23.0 Å². The third-order valence-electron chi connectivity index (χ3n) is 11.1. The number of aliphatic imine (C=N–C) groups is 2. The molecule has 0 spiro atoms. The number of benzene rings is 3. The maximum absolute atomic E-state index is 13.9. The molecule has 1 aliphatic carbocycles. The van der Waals surface area contributed by atoms with Gasteiger partial charge in [0.1, 0.15) is 0 Å². The Bertz CT molecular complexity index is 2270. The zero-order valence-corrected chi connectivity index (χ0v) is 32.8. The minimum Gasteiger partial charge on any atom is -0.493 e. The van der Waals surface area contributed by atoms with Crippen LogP contribution in [-0.2, 0) is 11.2 Å². The first kappa shape index (κ1) is 38.2. The summed E-state index contributed by atoms with van der Waals surface area (Å²) in [5.74, 6) is 1.22. The van der Waals surface area contributed by atoms with E-state index in [9.17, 15) is 19.5 Å². The molecule has 4 N–H and O–H groups in total. The number of nitrogens with zero attached hydrogens (tertiary/aromatic N) is 4. The fourth-order valence-electron chi connectivity index (χ4n) is 8.23. The Morgan fingerprint density at radius 2 is 1.51 bits per heavy atom. The normalized spacial score (nSPS) is 22.0. The average Bonchev–Trinajstić information content (AvgIpc) is 3.70. The first-order valence-corrected chi connectivity index (χ1v) is 21.3. The Hall–Kier alpha value is -5.72. The van der Waals surface area contributed by atoms with E-state index in [0.29, 0.717) is 77.2 Å². The van der Waals surface area contributed by atoms with E-state index in [4.69, 9.17) is 34.7 Å². The van der Waals surface area contributed by atoms with Crippen LogP contribution >= 0.6 is 7.21 Å². The van der Waals surface area contributed by atoms with Crippen molar-refractivity contribution in [2.24, 2.45) is 21.6 Å². The molecule has 3 unspecified atom stereocenters. The van der Waals surface area contributed by atoms with E-state index in [0.717, 1.165) is 17.7 Å². The number of carbonyl (C=O) groups is 3. The van der Waals surface area contributed by atoms with Crippen molar-refractivity contribution in [1.29, 1.82) is 5.16 Å². The van der Waals surface area contributed by atoms with E-state index >= 15 is 0 Å². The van der Waals surface area contributed by atoms with E-state index < -0.39 is 13.1 Å². The first-order chi connectivity index (χ1) is 27.7. The van der Waals surface area contributed by atoms with Gasteiger partial charge >= 0.3 is 0 Å². The van der Waals surface area contributed by atoms with Crippen molar-refractivity contribution < 1.29 is 33.3 Å². The molecule has 0 saturated carbocycles. The molecule has 15 heteroatoms. The van der Waals surface area contributed by atoms with Crippen LogP contribution in [0.4, 0.5) is 17.1 Å². The summed E-state index contributed by atoms with van der Waals surface area (Å²) in [5, 5.41) is 12.9. The highest BCUT2D eigenvalue weighted by Crippen LogP contribution is 2.45. The van der Waals surface area contributed by atoms with Crippen LogP contribution in [0.25, 0.3) is 0 Å². The molecule has 57 heavy (non-hydrogen) atoms. The van der Waals surface area contributed by atoms with Crippen LogP contribution < -0.4 is 34.7 Å². The van der Waals surface area contributed by atoms with Gasteiger partial charge in [0.25, 0.3) is 11.8 Å². The smallest absolute Gasteiger partial charge is 0.261 e. The number of hydrogen-bond acceptors (Lipinski definition) is 10. The Balaban J connectivity index is 0.956. The number of hydrogen-bond donors (Lipinski definition) is 3. The van der Waals surface area contributed by atoms with Crippen molar-refractivity contribution in [2.45, 2.75) is 43.8 Å². The molecular weight excluding hydrogens is 745 g/mol. The van der Waals surface area contributed by atoms with Crippen LogP contribution in [0.5, 0.6) is 23.0 Å². The number of anilines is 1. The van der Waals surface area contributed by atoms with E-state index in [1.165, 1.54) is 14.2 Å². The summed E-state index contributed by atoms with van der Waals surface area (Å²) in [7, 11) is 0.375. The molecule has 4 heterocycles. The number of para-hydroxylation sites is 1. The number of primary amides is 1. The topological polar surface area (TPSA) is 181 Å². The molecule has 0 bridgehead atoms. The molecule has 3 amide bonds. The summed E-state index contributed by atoms with van der Waals surface area (Å²) in [4.78, 5) is 52.3. The molecular formula is C42H46N7O7P. The Kier molecular flexibility index (Phi) is 10.7. The van der Waals surface area contributed by atoms with Crippen molar-refractivity contribution in [3.05, 3.63) is 89.5 Å². The molecule has 1 fully saturated rings. The molecule has 1 saturated heterocycles. The maximum Gasteiger partial charge on any atom is 0.261 e. The molecule has 5 aliphatic rings. The number of methoxy groups -OCH3 is 2. The van der Waals surface area contributed by atoms with Crippen LogP contribution in [0, 0.1) is 11.1 Å². The molecule has 14 nitrogen and oxygen atoms in total. The van der Waals surface area contributed by atoms with Crippen LogP contribution in [0.15, 0.2) is 82.8 Å². The second kappa shape index (κ2) is 16.0. The van der Waals surface area contributed by atoms with E-state index in [2.05, 4.69) is 17.2 Å². The number of nitrogens with two attached hydrogens (primary N) is 1. The SMILES string of the molecule is COc1cc2c(cc1OCCP(=N)(CCOc1cc3c(cc1OC)C(=O)N1C4C=CC=CC4C[C@H]1C=N3)NCCCC(N)=O)N=C[C@@H]1Cc3ccccc3N1C2=O. The number of ether oxygens (including phenoxy) is 4. The number of allylic oxidation sites excluding steroid dienone is 2. The third-order valence-corrected chi connectivity index (χ3v) is 13.9. The molecule has 0 radical (unpaired) electrons. The van der Waals surface area contributed by atoms with E-state index in [1.54, 1.807) is 29.2 Å². The van der Waals surface area contributed by atoms with Gasteiger partial charge in [0, 0.05) is 75.1 Å². The molecule has 3 aromatic carbocycles. The fourth-order valence-corrected chi connectivity index (χ4v) is 10.2. The quantitative estimate of drug-likeness (QED) is 0.123. The van der Waals surface area contributed by atoms with Crippen molar-refractivity contribution in [1.82, 2.24) is 9.99 Å². The lowest BCUT2D eigenvalue weighted by molar-refractivity contribution is -0.118. The Morgan fingerprint density at radius 3 is 2.18 bits per heavy atom. The second-order valence-electron chi connectivity index (χ2n) is 14.7. The minimum absolute atomic E-state index is 0.0207. The molecule has 5 atom stereocenters. The summed E-state index contributed by atoms with van der Waals surface area (Å²) < 4.78 is 23.9. The predicted molar refractivity (Wildman–Crippen MR) is 220 cm³/mol. The van der Waals surface area contributed by atoms with Gasteiger partial charge in [-0.25, -0.2) is 0 Å². The van der Waals surface area contributed by atoms with Crippen molar-refractivity contribution in [3.8, 4) is 23.0 Å². The number of nitrogens with one attached hydrogen (secondary N) is 2. The summed E-state index contributed by atoms with van der Waals surface area (Å²) in [6.07, 6.45) is 14.8. The summed E-state index contributed by atoms with van der Waals surface area (Å²) in [5.41, 5.74) is 9.23. The average molecular weight is 792 g/mol. The highest BCUT2D eigenvalue weighted by molar-refractivity contribution is 7.63. The number of rotatable bonds is 15. The molecule has 296 valence electrons. The zero-order chi connectivity index (χ0) is 39.7. The third kappa shape index (κ3) is 7.59. The van der Waals surface area contributed by atoms with Crippen molar-refractivity contribution in [2.75, 3.05) is 51.2 Å². The summed E-state index contributed by atoms with van der Waals surface area (Å²) in [6, 6.07) is 14.4. The second-order valence-corrected chi connectivity index (χ2v) is 17.8. The number of amides is 3. The van der Waals surface area contributed by atoms with Crippen LogP contribution in [0.2, 0.25) is 0 Å². The van der Waals surface area contributed by atoms with Crippen LogP contribution in [0.1, 0.15) is 45.5 Å². The first-order valence-electron chi connectivity index (χ1n) is 19.2. The van der Waals surface area contributed by atoms with Gasteiger partial charge in [-0.05, 0) is 36.6 Å². The monoisotopic (exact) mass is 791 g/mol. The summed E-state index contributed by atoms with van der Waals surface area (Å²) in [6.45, 7) is 0.754. The lowest BCUT2D eigenvalue weighted by Gasteiger charge is -2.28. The van der Waals surface area contributed by atoms with Gasteiger partial charge in [-0.1, -0.05) is 42.5 Å². The van der Waals surface area contributed by atoms with E-state index in [1.807, 2.05) is 53.7 Å². The summed E-state index contributed by atoms with van der Waals surface area (Å²) >= 11 is 0. The van der Waals surface area contributed by atoms with E-state index in [-0.39, 0.29) is 55.5 Å². The van der Waals surface area contributed by atoms with Gasteiger partial charge in [-0.15, -0.1) is 0 Å². The number of carbonyl (C=O) groups excluding carboxylic acids is 3. The molecule has 0 aromatic heterocycles. The van der Waals surface area contributed by atoms with Crippen molar-refractivity contribution in [3.63, 3.8) is 0 Å². The van der Waals surface area contributed by atoms with Gasteiger partial charge in [-0.3, -0.25) is 34.4 Å². The van der Waals surface area contributed by atoms with Crippen molar-refractivity contribution >= 4 is 54.4 Å². The van der Waals surface area contributed by atoms with Crippen LogP contribution in [-0.4, -0.2) is 99.5 Å². The van der Waals surface area contributed by atoms with Gasteiger partial charge in [0.2, 0.25) is 5.91 Å². The number of fused-ring (bicyclic) bond motifs is 8. The lowest BCUT2D eigenvalue weighted by Crippen LogP contribution is -2.41. The maximum atomic E-state index is 13.9. The lowest BCUT2D eigenvalue weighted by atomic mass is 9.95. The highest BCUT2D eigenvalue weighted by Gasteiger charge is 2.43. The molecule has 3 aromatic rings.